The first kappa shape index (κ1) is 14.8. The maximum absolute atomic E-state index is 12.0. The van der Waals surface area contributed by atoms with Gasteiger partial charge in [-0.2, -0.15) is 0 Å². The highest BCUT2D eigenvalue weighted by Gasteiger charge is 2.34. The molecule has 4 fully saturated rings. The Morgan fingerprint density at radius 3 is 2.10 bits per heavy atom. The van der Waals surface area contributed by atoms with Crippen LogP contribution in [0, 0.1) is 5.92 Å². The Kier molecular flexibility index (Phi) is 4.78. The zero-order valence-corrected chi connectivity index (χ0v) is 12.8. The molecule has 0 spiro atoms. The summed E-state index contributed by atoms with van der Waals surface area (Å²) in [6.07, 6.45) is 7.66. The van der Waals surface area contributed by atoms with Gasteiger partial charge in [0.25, 0.3) is 0 Å². The summed E-state index contributed by atoms with van der Waals surface area (Å²) >= 11 is 0. The highest BCUT2D eigenvalue weighted by Crippen LogP contribution is 2.27. The van der Waals surface area contributed by atoms with Crippen molar-refractivity contribution in [1.82, 2.24) is 15.5 Å². The van der Waals surface area contributed by atoms with E-state index < -0.39 is 0 Å². The molecule has 2 bridgehead atoms. The minimum atomic E-state index is 0.0333. The molecule has 1 saturated carbocycles. The number of nitrogens with one attached hydrogen (secondary N) is 2. The van der Waals surface area contributed by atoms with Gasteiger partial charge in [0.15, 0.2) is 0 Å². The Labute approximate surface area is 126 Å². The van der Waals surface area contributed by atoms with Crippen LogP contribution in [-0.2, 0) is 9.59 Å². The molecule has 2 N–H and O–H groups in total. The summed E-state index contributed by atoms with van der Waals surface area (Å²) in [5.41, 5.74) is 0. The quantitative estimate of drug-likeness (QED) is 0.796. The van der Waals surface area contributed by atoms with Crippen molar-refractivity contribution < 1.29 is 9.59 Å². The van der Waals surface area contributed by atoms with Gasteiger partial charge in [0, 0.05) is 31.5 Å². The van der Waals surface area contributed by atoms with Gasteiger partial charge in [-0.25, -0.2) is 0 Å². The maximum atomic E-state index is 12.0. The average Bonchev–Trinajstić information content (AvgIpc) is 2.99. The third-order valence-corrected chi connectivity index (χ3v) is 5.30. The first-order valence-electron chi connectivity index (χ1n) is 8.52. The lowest BCUT2D eigenvalue weighted by molar-refractivity contribution is -0.127. The van der Waals surface area contributed by atoms with Crippen molar-refractivity contribution in [3.8, 4) is 0 Å². The molecule has 3 heterocycles. The van der Waals surface area contributed by atoms with Gasteiger partial charge in [0.05, 0.1) is 0 Å². The predicted octanol–water partition coefficient (Wildman–Crippen LogP) is 1.04. The molecule has 5 nitrogen and oxygen atoms in total. The van der Waals surface area contributed by atoms with Crippen molar-refractivity contribution in [2.24, 2.45) is 5.92 Å². The molecule has 4 rings (SSSR count). The summed E-state index contributed by atoms with van der Waals surface area (Å²) in [4.78, 5) is 26.3. The third kappa shape index (κ3) is 3.96. The minimum absolute atomic E-state index is 0.0333. The van der Waals surface area contributed by atoms with Crippen LogP contribution in [-0.4, -0.2) is 48.4 Å². The topological polar surface area (TPSA) is 61.4 Å². The van der Waals surface area contributed by atoms with Crippen LogP contribution in [0.15, 0.2) is 0 Å². The van der Waals surface area contributed by atoms with E-state index in [1.165, 1.54) is 38.8 Å². The Morgan fingerprint density at radius 2 is 1.52 bits per heavy atom. The number of rotatable bonds is 5. The molecule has 1 aliphatic carbocycles. The Balaban J connectivity index is 1.35. The van der Waals surface area contributed by atoms with E-state index in [1.54, 1.807) is 0 Å². The van der Waals surface area contributed by atoms with Crippen LogP contribution < -0.4 is 10.6 Å². The van der Waals surface area contributed by atoms with E-state index in [-0.39, 0.29) is 11.8 Å². The van der Waals surface area contributed by atoms with Crippen molar-refractivity contribution >= 4 is 11.8 Å². The molecule has 0 aromatic rings. The molecular formula is C16H27N3O2. The molecule has 118 valence electrons. The van der Waals surface area contributed by atoms with Crippen LogP contribution >= 0.6 is 0 Å². The smallest absolute Gasteiger partial charge is 0.220 e. The van der Waals surface area contributed by atoms with E-state index in [1.807, 2.05) is 0 Å². The van der Waals surface area contributed by atoms with Gasteiger partial charge in [0.2, 0.25) is 11.8 Å². The summed E-state index contributed by atoms with van der Waals surface area (Å²) in [6, 6.07) is 0.653. The molecular weight excluding hydrogens is 266 g/mol. The number of carbonyl (C=O) groups is 2. The minimum Gasteiger partial charge on any atom is -0.353 e. The molecule has 1 atom stereocenters. The van der Waals surface area contributed by atoms with Gasteiger partial charge in [0.1, 0.15) is 0 Å². The zero-order valence-electron chi connectivity index (χ0n) is 12.8. The van der Waals surface area contributed by atoms with E-state index in [2.05, 4.69) is 15.5 Å². The predicted molar refractivity (Wildman–Crippen MR) is 80.7 cm³/mol. The summed E-state index contributed by atoms with van der Waals surface area (Å²) < 4.78 is 0. The zero-order chi connectivity index (χ0) is 14.7. The number of piperidine rings is 3. The second-order valence-corrected chi connectivity index (χ2v) is 6.86. The first-order chi connectivity index (χ1) is 10.2. The number of hydrogen-bond donors (Lipinski definition) is 2. The number of nitrogens with zero attached hydrogens (tertiary/aromatic N) is 1. The summed E-state index contributed by atoms with van der Waals surface area (Å²) in [7, 11) is 0. The second kappa shape index (κ2) is 6.77. The molecule has 0 aromatic heterocycles. The van der Waals surface area contributed by atoms with Gasteiger partial charge in [-0.15, -0.1) is 0 Å². The fourth-order valence-corrected chi connectivity index (χ4v) is 4.00. The van der Waals surface area contributed by atoms with Crippen LogP contribution in [0.3, 0.4) is 0 Å². The van der Waals surface area contributed by atoms with Crippen molar-refractivity contribution in [1.29, 1.82) is 0 Å². The van der Waals surface area contributed by atoms with Gasteiger partial charge < -0.3 is 15.5 Å². The monoisotopic (exact) mass is 293 g/mol. The Morgan fingerprint density at radius 1 is 0.905 bits per heavy atom. The Bertz CT molecular complexity index is 385. The molecule has 0 radical (unpaired) electrons. The molecule has 5 heteroatoms. The highest BCUT2D eigenvalue weighted by atomic mass is 16.2. The van der Waals surface area contributed by atoms with Crippen molar-refractivity contribution in [2.45, 2.75) is 63.5 Å². The lowest BCUT2D eigenvalue weighted by Crippen LogP contribution is -2.57. The maximum Gasteiger partial charge on any atom is 0.220 e. The van der Waals surface area contributed by atoms with Gasteiger partial charge in [-0.1, -0.05) is 12.8 Å². The van der Waals surface area contributed by atoms with Gasteiger partial charge in [-0.3, -0.25) is 9.59 Å². The van der Waals surface area contributed by atoms with Crippen LogP contribution in [0.2, 0.25) is 0 Å². The van der Waals surface area contributed by atoms with Crippen LogP contribution in [0.1, 0.15) is 51.4 Å². The fourth-order valence-electron chi connectivity index (χ4n) is 4.00. The van der Waals surface area contributed by atoms with E-state index >= 15 is 0 Å². The third-order valence-electron chi connectivity index (χ3n) is 5.30. The molecule has 1 unspecified atom stereocenters. The number of hydrogen-bond acceptors (Lipinski definition) is 3. The first-order valence-corrected chi connectivity index (χ1v) is 8.52. The van der Waals surface area contributed by atoms with Crippen LogP contribution in [0.25, 0.3) is 0 Å². The number of amides is 2. The second-order valence-electron chi connectivity index (χ2n) is 6.86. The summed E-state index contributed by atoms with van der Waals surface area (Å²) in [5, 5.41) is 6.18. The van der Waals surface area contributed by atoms with E-state index in [0.717, 1.165) is 19.4 Å². The standard InChI is InChI=1S/C16H27N3O2/c20-15(17-13-3-1-2-4-13)5-6-16(21)18-14-11-19-9-7-12(14)8-10-19/h12-14H,1-11H2,(H,17,20)(H,18,21). The van der Waals surface area contributed by atoms with Crippen LogP contribution in [0.4, 0.5) is 0 Å². The van der Waals surface area contributed by atoms with Gasteiger partial charge in [-0.05, 0) is 44.7 Å². The molecule has 4 aliphatic rings. The lowest BCUT2D eigenvalue weighted by atomic mass is 9.84. The Hall–Kier alpha value is -1.10. The highest BCUT2D eigenvalue weighted by molar-refractivity contribution is 5.84. The molecule has 21 heavy (non-hydrogen) atoms. The fraction of sp³-hybridized carbons (Fsp3) is 0.875. The van der Waals surface area contributed by atoms with E-state index in [4.69, 9.17) is 0 Å². The van der Waals surface area contributed by atoms with E-state index in [9.17, 15) is 9.59 Å². The van der Waals surface area contributed by atoms with Crippen molar-refractivity contribution in [3.63, 3.8) is 0 Å². The summed E-state index contributed by atoms with van der Waals surface area (Å²) in [5.74, 6) is 0.715. The normalized spacial score (nSPS) is 32.1. The molecule has 2 amide bonds. The largest absolute Gasteiger partial charge is 0.353 e. The number of carbonyl (C=O) groups excluding carboxylic acids is 2. The molecule has 3 saturated heterocycles. The van der Waals surface area contributed by atoms with Crippen LogP contribution in [0.5, 0.6) is 0 Å². The summed E-state index contributed by atoms with van der Waals surface area (Å²) in [6.45, 7) is 3.35. The molecule has 3 aliphatic heterocycles. The number of fused-ring (bicyclic) bond motifs is 3. The van der Waals surface area contributed by atoms with E-state index in [0.29, 0.717) is 30.8 Å². The van der Waals surface area contributed by atoms with Crippen molar-refractivity contribution in [2.75, 3.05) is 19.6 Å². The lowest BCUT2D eigenvalue weighted by Gasteiger charge is -2.44. The SMILES string of the molecule is O=C(CCC(=O)NC1CN2CCC1CC2)NC1CCCC1. The average molecular weight is 293 g/mol. The molecule has 0 aromatic carbocycles. The van der Waals surface area contributed by atoms with Crippen molar-refractivity contribution in [3.05, 3.63) is 0 Å². The van der Waals surface area contributed by atoms with Gasteiger partial charge >= 0.3 is 0 Å².